The molecule has 0 fully saturated rings. The summed E-state index contributed by atoms with van der Waals surface area (Å²) < 4.78 is 46.8. The molecule has 1 atom stereocenters. The molecule has 3 rings (SSSR count). The van der Waals surface area contributed by atoms with Crippen LogP contribution in [-0.2, 0) is 14.8 Å². The first-order valence-electron chi connectivity index (χ1n) is 10.7. The zero-order valence-electron chi connectivity index (χ0n) is 18.6. The van der Waals surface area contributed by atoms with Crippen LogP contribution in [0, 0.1) is 5.82 Å². The molecule has 0 spiro atoms. The topological polar surface area (TPSA) is 75.7 Å². The number of nitrogens with one attached hydrogen (secondary N) is 1. The maximum absolute atomic E-state index is 13.5. The fraction of sp³-hybridized carbons (Fsp3) is 0.240. The van der Waals surface area contributed by atoms with Crippen LogP contribution in [0.4, 0.5) is 10.1 Å². The first-order valence-corrected chi connectivity index (χ1v) is 12.1. The third kappa shape index (κ3) is 6.10. The lowest BCUT2D eigenvalue weighted by Gasteiger charge is -2.26. The van der Waals surface area contributed by atoms with Gasteiger partial charge in [-0.05, 0) is 67.4 Å². The van der Waals surface area contributed by atoms with E-state index in [-0.39, 0.29) is 16.6 Å². The van der Waals surface area contributed by atoms with E-state index in [0.717, 1.165) is 22.0 Å². The number of anilines is 1. The van der Waals surface area contributed by atoms with Crippen LogP contribution >= 0.6 is 0 Å². The molecule has 0 aromatic heterocycles. The third-order valence-electron chi connectivity index (χ3n) is 5.07. The van der Waals surface area contributed by atoms with Crippen LogP contribution in [0.3, 0.4) is 0 Å². The summed E-state index contributed by atoms with van der Waals surface area (Å²) >= 11 is 0. The molecule has 0 saturated carbocycles. The summed E-state index contributed by atoms with van der Waals surface area (Å²) in [7, 11) is -4.11. The minimum Gasteiger partial charge on any atom is -0.494 e. The standard InChI is InChI=1S/C25H27FN2O4S/c1-3-24(19-8-6-5-7-9-19)27-25(29)18-28(21-12-10-20(26)11-13-21)33(30,31)23-16-14-22(15-17-23)32-4-2/h5-17,24H,3-4,18H2,1-2H3,(H,27,29). The van der Waals surface area contributed by atoms with Crippen molar-refractivity contribution in [2.75, 3.05) is 17.5 Å². The number of amides is 1. The zero-order valence-corrected chi connectivity index (χ0v) is 19.4. The van der Waals surface area contributed by atoms with Crippen molar-refractivity contribution >= 4 is 21.6 Å². The SMILES string of the molecule is CCOc1ccc(S(=O)(=O)N(CC(=O)NC(CC)c2ccccc2)c2ccc(F)cc2)cc1. The largest absolute Gasteiger partial charge is 0.494 e. The van der Waals surface area contributed by atoms with Crippen LogP contribution < -0.4 is 14.4 Å². The minimum absolute atomic E-state index is 0.00169. The van der Waals surface area contributed by atoms with Crippen molar-refractivity contribution in [2.45, 2.75) is 31.2 Å². The Morgan fingerprint density at radius 1 is 0.970 bits per heavy atom. The zero-order chi connectivity index (χ0) is 23.8. The van der Waals surface area contributed by atoms with Gasteiger partial charge < -0.3 is 10.1 Å². The molecule has 0 radical (unpaired) electrons. The second-order valence-electron chi connectivity index (χ2n) is 7.33. The van der Waals surface area contributed by atoms with Crippen molar-refractivity contribution in [1.29, 1.82) is 0 Å². The van der Waals surface area contributed by atoms with Gasteiger partial charge in [-0.15, -0.1) is 0 Å². The lowest BCUT2D eigenvalue weighted by molar-refractivity contribution is -0.120. The van der Waals surface area contributed by atoms with E-state index < -0.39 is 28.3 Å². The molecule has 3 aromatic rings. The molecular weight excluding hydrogens is 443 g/mol. The van der Waals surface area contributed by atoms with Crippen molar-refractivity contribution in [1.82, 2.24) is 5.32 Å². The van der Waals surface area contributed by atoms with E-state index in [1.54, 1.807) is 12.1 Å². The molecule has 6 nitrogen and oxygen atoms in total. The number of hydrogen-bond donors (Lipinski definition) is 1. The van der Waals surface area contributed by atoms with Gasteiger partial charge in [0.1, 0.15) is 18.1 Å². The van der Waals surface area contributed by atoms with Crippen molar-refractivity contribution in [3.63, 3.8) is 0 Å². The van der Waals surface area contributed by atoms with Gasteiger partial charge in [0.15, 0.2) is 0 Å². The second-order valence-corrected chi connectivity index (χ2v) is 9.19. The summed E-state index contributed by atoms with van der Waals surface area (Å²) in [5.74, 6) is -0.433. The van der Waals surface area contributed by atoms with Crippen molar-refractivity contribution in [2.24, 2.45) is 0 Å². The predicted octanol–water partition coefficient (Wildman–Crippen LogP) is 4.69. The van der Waals surface area contributed by atoms with E-state index >= 15 is 0 Å². The molecule has 174 valence electrons. The number of ether oxygens (including phenoxy) is 1. The summed E-state index contributed by atoms with van der Waals surface area (Å²) in [4.78, 5) is 12.9. The number of rotatable bonds is 10. The summed E-state index contributed by atoms with van der Waals surface area (Å²) in [6.07, 6.45) is 0.637. The fourth-order valence-corrected chi connectivity index (χ4v) is 4.82. The highest BCUT2D eigenvalue weighted by Gasteiger charge is 2.28. The molecule has 0 aliphatic carbocycles. The number of nitrogens with zero attached hydrogens (tertiary/aromatic N) is 1. The van der Waals surface area contributed by atoms with Crippen molar-refractivity contribution in [3.8, 4) is 5.75 Å². The molecule has 0 aliphatic rings. The maximum Gasteiger partial charge on any atom is 0.264 e. The Kier molecular flexibility index (Phi) is 8.06. The van der Waals surface area contributed by atoms with E-state index in [4.69, 9.17) is 4.74 Å². The van der Waals surface area contributed by atoms with E-state index in [1.165, 1.54) is 24.3 Å². The average molecular weight is 471 g/mol. The molecule has 0 aliphatic heterocycles. The van der Waals surface area contributed by atoms with Crippen LogP contribution in [0.25, 0.3) is 0 Å². The number of hydrogen-bond acceptors (Lipinski definition) is 4. The number of sulfonamides is 1. The molecule has 1 amide bonds. The Balaban J connectivity index is 1.89. The maximum atomic E-state index is 13.5. The number of halogens is 1. The summed E-state index contributed by atoms with van der Waals surface area (Å²) in [5.41, 5.74) is 1.12. The van der Waals surface area contributed by atoms with Gasteiger partial charge in [-0.25, -0.2) is 12.8 Å². The van der Waals surface area contributed by atoms with Gasteiger partial charge in [0.05, 0.1) is 23.2 Å². The third-order valence-corrected chi connectivity index (χ3v) is 6.86. The summed E-state index contributed by atoms with van der Waals surface area (Å²) in [6.45, 7) is 3.77. The first kappa shape index (κ1) is 24.3. The number of benzene rings is 3. The van der Waals surface area contributed by atoms with Crippen LogP contribution in [0.2, 0.25) is 0 Å². The van der Waals surface area contributed by atoms with Crippen LogP contribution in [0.15, 0.2) is 83.8 Å². The summed E-state index contributed by atoms with van der Waals surface area (Å²) in [6, 6.07) is 20.2. The van der Waals surface area contributed by atoms with Crippen LogP contribution in [0.1, 0.15) is 31.9 Å². The van der Waals surface area contributed by atoms with E-state index in [0.29, 0.717) is 18.8 Å². The normalized spacial score (nSPS) is 12.1. The highest BCUT2D eigenvalue weighted by molar-refractivity contribution is 7.92. The monoisotopic (exact) mass is 470 g/mol. The Bertz CT molecular complexity index is 1150. The van der Waals surface area contributed by atoms with E-state index in [1.807, 2.05) is 44.2 Å². The molecule has 0 saturated heterocycles. The molecular formula is C25H27FN2O4S. The number of carbonyl (C=O) groups excluding carboxylic acids is 1. The van der Waals surface area contributed by atoms with Gasteiger partial charge in [-0.2, -0.15) is 0 Å². The lowest BCUT2D eigenvalue weighted by Crippen LogP contribution is -2.42. The predicted molar refractivity (Wildman–Crippen MR) is 126 cm³/mol. The molecule has 8 heteroatoms. The molecule has 1 N–H and O–H groups in total. The quantitative estimate of drug-likeness (QED) is 0.467. The Morgan fingerprint density at radius 2 is 1.61 bits per heavy atom. The minimum atomic E-state index is -4.11. The molecule has 1 unspecified atom stereocenters. The molecule has 0 heterocycles. The lowest BCUT2D eigenvalue weighted by atomic mass is 10.0. The van der Waals surface area contributed by atoms with Crippen LogP contribution in [-0.4, -0.2) is 27.5 Å². The fourth-order valence-electron chi connectivity index (χ4n) is 3.40. The van der Waals surface area contributed by atoms with E-state index in [2.05, 4.69) is 5.32 Å². The second kappa shape index (κ2) is 11.0. The van der Waals surface area contributed by atoms with Gasteiger partial charge in [0, 0.05) is 0 Å². The van der Waals surface area contributed by atoms with E-state index in [9.17, 15) is 17.6 Å². The van der Waals surface area contributed by atoms with Crippen LogP contribution in [0.5, 0.6) is 5.75 Å². The highest BCUT2D eigenvalue weighted by atomic mass is 32.2. The first-order chi connectivity index (χ1) is 15.8. The molecule has 3 aromatic carbocycles. The summed E-state index contributed by atoms with van der Waals surface area (Å²) in [5, 5.41) is 2.90. The Hall–Kier alpha value is -3.39. The average Bonchev–Trinajstić information content (AvgIpc) is 2.83. The van der Waals surface area contributed by atoms with Gasteiger partial charge in [0.25, 0.3) is 10.0 Å². The Morgan fingerprint density at radius 3 is 2.18 bits per heavy atom. The van der Waals surface area contributed by atoms with Crippen molar-refractivity contribution in [3.05, 3.63) is 90.2 Å². The molecule has 33 heavy (non-hydrogen) atoms. The van der Waals surface area contributed by atoms with Gasteiger partial charge in [-0.1, -0.05) is 37.3 Å². The molecule has 0 bridgehead atoms. The Labute approximate surface area is 194 Å². The van der Waals surface area contributed by atoms with Gasteiger partial charge in [0.2, 0.25) is 5.91 Å². The number of carbonyl (C=O) groups is 1. The smallest absolute Gasteiger partial charge is 0.264 e. The van der Waals surface area contributed by atoms with Gasteiger partial charge in [-0.3, -0.25) is 9.10 Å². The highest BCUT2D eigenvalue weighted by Crippen LogP contribution is 2.26. The van der Waals surface area contributed by atoms with Crippen molar-refractivity contribution < 1.29 is 22.3 Å². The van der Waals surface area contributed by atoms with Gasteiger partial charge >= 0.3 is 0 Å².